The van der Waals surface area contributed by atoms with Crippen molar-refractivity contribution in [2.45, 2.75) is 31.9 Å². The molecule has 1 N–H and O–H groups in total. The first-order valence-corrected chi connectivity index (χ1v) is 20.2. The van der Waals surface area contributed by atoms with Crippen LogP contribution in [0.3, 0.4) is 0 Å². The zero-order valence-electron chi connectivity index (χ0n) is 30.3. The van der Waals surface area contributed by atoms with Crippen molar-refractivity contribution in [1.29, 1.82) is 0 Å². The van der Waals surface area contributed by atoms with Gasteiger partial charge in [-0.15, -0.1) is 6.42 Å². The summed E-state index contributed by atoms with van der Waals surface area (Å²) >= 11 is 0. The fourth-order valence-electron chi connectivity index (χ4n) is 6.68. The predicted molar refractivity (Wildman–Crippen MR) is 200 cm³/mol. The van der Waals surface area contributed by atoms with Crippen LogP contribution in [0.1, 0.15) is 27.8 Å². The number of benzene rings is 3. The second kappa shape index (κ2) is 16.9. The molecule has 3 aromatic carbocycles. The molecule has 0 saturated heterocycles. The van der Waals surface area contributed by atoms with Crippen molar-refractivity contribution in [3.63, 3.8) is 0 Å². The lowest BCUT2D eigenvalue weighted by atomic mass is 9.79. The van der Waals surface area contributed by atoms with Gasteiger partial charge in [-0.1, -0.05) is 43.3 Å². The fourth-order valence-corrected chi connectivity index (χ4v) is 9.86. The number of anilines is 2. The average Bonchev–Trinajstić information content (AvgIpc) is 3.49. The zero-order valence-corrected chi connectivity index (χ0v) is 31.3. The Morgan fingerprint density at radius 3 is 1.90 bits per heavy atom. The molecule has 0 aliphatic carbocycles. The zero-order chi connectivity index (χ0) is 35.7. The molecule has 3 aromatic rings. The number of carbonyl (C=O) groups excluding carboxylic acids is 1. The van der Waals surface area contributed by atoms with E-state index in [0.717, 1.165) is 16.7 Å². The number of alkyl carbamates (subject to hydrolysis) is 1. The highest BCUT2D eigenvalue weighted by Gasteiger charge is 2.53. The summed E-state index contributed by atoms with van der Waals surface area (Å²) in [6, 6.07) is 20.0. The van der Waals surface area contributed by atoms with Gasteiger partial charge >= 0.3 is 6.09 Å². The van der Waals surface area contributed by atoms with Gasteiger partial charge in [0.1, 0.15) is 26.9 Å². The third-order valence-corrected chi connectivity index (χ3v) is 12.8. The van der Waals surface area contributed by atoms with Crippen molar-refractivity contribution < 1.29 is 33.2 Å². The van der Waals surface area contributed by atoms with Crippen LogP contribution in [0.5, 0.6) is 0 Å². The normalized spacial score (nSPS) is 14.7. The molecule has 0 radical (unpaired) electrons. The summed E-state index contributed by atoms with van der Waals surface area (Å²) in [7, 11) is 6.26. The Morgan fingerprint density at radius 2 is 1.34 bits per heavy atom. The van der Waals surface area contributed by atoms with E-state index in [0.29, 0.717) is 59.4 Å². The Labute approximate surface area is 297 Å². The summed E-state index contributed by atoms with van der Waals surface area (Å²) in [6.07, 6.45) is 4.63. The van der Waals surface area contributed by atoms with E-state index in [4.69, 9.17) is 34.8 Å². The van der Waals surface area contributed by atoms with Crippen LogP contribution in [0.25, 0.3) is 0 Å². The molecule has 0 bridgehead atoms. The molecule has 2 aliphatic rings. The number of carbonyl (C=O) groups is 1. The molecule has 5 rings (SSSR count). The van der Waals surface area contributed by atoms with Crippen LogP contribution in [0.4, 0.5) is 16.2 Å². The van der Waals surface area contributed by atoms with E-state index < -0.39 is 19.8 Å². The van der Waals surface area contributed by atoms with E-state index in [1.165, 1.54) is 32.9 Å². The Morgan fingerprint density at radius 1 is 0.800 bits per heavy atom. The first kappa shape index (κ1) is 37.4. The Kier molecular flexibility index (Phi) is 12.6. The number of hydrogen-bond donors (Lipinski definition) is 1. The van der Waals surface area contributed by atoms with Gasteiger partial charge in [-0.3, -0.25) is 0 Å². The minimum atomic E-state index is -2.09. The van der Waals surface area contributed by atoms with E-state index in [1.807, 2.05) is 6.07 Å². The van der Waals surface area contributed by atoms with Gasteiger partial charge in [-0.25, -0.2) is 4.79 Å². The molecule has 268 valence electrons. The average molecular weight is 702 g/mol. The largest absolute Gasteiger partial charge is 0.445 e. The van der Waals surface area contributed by atoms with Gasteiger partial charge in [0.15, 0.2) is 0 Å². The standard InChI is InChI=1S/C39H51N3O7Si/c1-8-16-44-18-20-46-22-23-47-21-19-45-17-15-40-38(43)48-27-29-9-12-33-30(24-29)28-49-39(33)34-13-10-31(41(2)3)25-36(34)50(6,7)37-26-32(42(4)5)11-14-35(37)39/h1,9-14,24-26H,15-23,27-28H2,2-7H3,(H,40,43). The fraction of sp³-hybridized carbons (Fsp3) is 0.462. The summed E-state index contributed by atoms with van der Waals surface area (Å²) in [5.74, 6) is 2.40. The Balaban J connectivity index is 1.17. The highest BCUT2D eigenvalue weighted by atomic mass is 28.3. The van der Waals surface area contributed by atoms with Crippen LogP contribution < -0.4 is 25.5 Å². The third-order valence-electron chi connectivity index (χ3n) is 9.32. The summed E-state index contributed by atoms with van der Waals surface area (Å²) in [5, 5.41) is 5.53. The Hall–Kier alpha value is -3.89. The van der Waals surface area contributed by atoms with Crippen molar-refractivity contribution in [3.05, 3.63) is 82.4 Å². The molecule has 0 saturated carbocycles. The third kappa shape index (κ3) is 8.18. The number of rotatable bonds is 17. The van der Waals surface area contributed by atoms with Crippen LogP contribution >= 0.6 is 0 Å². The molecule has 0 unspecified atom stereocenters. The van der Waals surface area contributed by atoms with Crippen molar-refractivity contribution in [1.82, 2.24) is 5.32 Å². The number of fused-ring (bicyclic) bond motifs is 6. The lowest BCUT2D eigenvalue weighted by molar-refractivity contribution is 0.00167. The molecule has 11 heteroatoms. The molecule has 0 aromatic heterocycles. The van der Waals surface area contributed by atoms with Crippen LogP contribution in [0, 0.1) is 12.3 Å². The first-order chi connectivity index (χ1) is 24.1. The molecular formula is C39H51N3O7Si. The second-order valence-corrected chi connectivity index (χ2v) is 17.8. The maximum Gasteiger partial charge on any atom is 0.407 e. The maximum atomic E-state index is 12.4. The van der Waals surface area contributed by atoms with Crippen molar-refractivity contribution in [2.24, 2.45) is 0 Å². The molecule has 1 amide bonds. The van der Waals surface area contributed by atoms with Crippen LogP contribution in [-0.4, -0.2) is 102 Å². The minimum Gasteiger partial charge on any atom is -0.445 e. The maximum absolute atomic E-state index is 12.4. The van der Waals surface area contributed by atoms with E-state index >= 15 is 0 Å². The van der Waals surface area contributed by atoms with Gasteiger partial charge in [-0.05, 0) is 68.5 Å². The van der Waals surface area contributed by atoms with Gasteiger partial charge in [0.25, 0.3) is 0 Å². The van der Waals surface area contributed by atoms with Gasteiger partial charge in [0.05, 0.1) is 52.9 Å². The summed E-state index contributed by atoms with van der Waals surface area (Å²) < 4.78 is 34.0. The molecule has 0 fully saturated rings. The van der Waals surface area contributed by atoms with E-state index in [9.17, 15) is 4.79 Å². The van der Waals surface area contributed by atoms with Crippen LogP contribution in [-0.2, 0) is 47.2 Å². The number of nitrogens with one attached hydrogen (secondary N) is 1. The van der Waals surface area contributed by atoms with E-state index in [2.05, 4.69) is 111 Å². The number of hydrogen-bond acceptors (Lipinski definition) is 9. The van der Waals surface area contributed by atoms with Gasteiger partial charge in [0, 0.05) is 46.1 Å². The number of nitrogens with zero attached hydrogens (tertiary/aromatic N) is 2. The van der Waals surface area contributed by atoms with Crippen molar-refractivity contribution >= 4 is 35.9 Å². The molecule has 1 spiro atoms. The highest BCUT2D eigenvalue weighted by molar-refractivity contribution is 7.01. The lowest BCUT2D eigenvalue weighted by Crippen LogP contribution is -2.63. The number of terminal acetylenes is 1. The summed E-state index contributed by atoms with van der Waals surface area (Å²) in [4.78, 5) is 16.8. The van der Waals surface area contributed by atoms with E-state index in [1.54, 1.807) is 0 Å². The molecule has 0 atom stereocenters. The molecule has 2 heterocycles. The number of ether oxygens (including phenoxy) is 6. The predicted octanol–water partition coefficient (Wildman–Crippen LogP) is 3.70. The van der Waals surface area contributed by atoms with E-state index in [-0.39, 0.29) is 13.2 Å². The van der Waals surface area contributed by atoms with Gasteiger partial charge < -0.3 is 43.5 Å². The quantitative estimate of drug-likeness (QED) is 0.129. The monoisotopic (exact) mass is 701 g/mol. The molecular weight excluding hydrogens is 651 g/mol. The topological polar surface area (TPSA) is 91.0 Å². The smallest absolute Gasteiger partial charge is 0.407 e. The molecule has 50 heavy (non-hydrogen) atoms. The highest BCUT2D eigenvalue weighted by Crippen LogP contribution is 2.49. The first-order valence-electron chi connectivity index (χ1n) is 17.2. The van der Waals surface area contributed by atoms with Crippen molar-refractivity contribution in [3.8, 4) is 12.3 Å². The van der Waals surface area contributed by atoms with Crippen molar-refractivity contribution in [2.75, 3.05) is 97.4 Å². The molecule has 2 aliphatic heterocycles. The van der Waals surface area contributed by atoms with Gasteiger partial charge in [-0.2, -0.15) is 0 Å². The minimum absolute atomic E-state index is 0.157. The summed E-state index contributed by atoms with van der Waals surface area (Å²) in [5.41, 5.74) is 7.30. The molecule has 10 nitrogen and oxygen atoms in total. The lowest BCUT2D eigenvalue weighted by Gasteiger charge is -2.45. The van der Waals surface area contributed by atoms with Crippen LogP contribution in [0.2, 0.25) is 13.1 Å². The van der Waals surface area contributed by atoms with Gasteiger partial charge in [0.2, 0.25) is 0 Å². The Bertz CT molecular complexity index is 1610. The SMILES string of the molecule is C#CCOCCOCCOCCOCCNC(=O)OCc1ccc2c(c1)COC21c2ccc(N(C)C)cc2[Si](C)(C)c2cc(N(C)C)ccc21. The summed E-state index contributed by atoms with van der Waals surface area (Å²) in [6.45, 7) is 9.24. The number of amides is 1. The second-order valence-electron chi connectivity index (χ2n) is 13.4. The van der Waals surface area contributed by atoms with Crippen LogP contribution in [0.15, 0.2) is 54.6 Å².